The predicted molar refractivity (Wildman–Crippen MR) is 180 cm³/mol. The van der Waals surface area contributed by atoms with Gasteiger partial charge in [-0.3, -0.25) is 13.8 Å². The molecule has 0 aliphatic rings. The smallest absolute Gasteiger partial charge is 0.387 e. The van der Waals surface area contributed by atoms with Gasteiger partial charge in [0.25, 0.3) is 0 Å². The van der Waals surface area contributed by atoms with Crippen LogP contribution in [-0.2, 0) is 18.4 Å². The fraction of sp³-hybridized carbons (Fsp3) is 0.912. The molecule has 3 atom stereocenters. The first kappa shape index (κ1) is 42.2. The molecular weight excluding hydrogens is 563 g/mol. The molecule has 0 saturated heterocycles. The third-order valence-corrected chi connectivity index (χ3v) is 8.72. The molecule has 3 unspecified atom stereocenters. The van der Waals surface area contributed by atoms with Crippen LogP contribution in [0.1, 0.15) is 149 Å². The van der Waals surface area contributed by atoms with Gasteiger partial charge in [0.05, 0.1) is 39.9 Å². The van der Waals surface area contributed by atoms with Crippen molar-refractivity contribution in [3.8, 4) is 0 Å². The molecule has 0 aromatic heterocycles. The average molecular weight is 634 g/mol. The maximum atomic E-state index is 12.6. The summed E-state index contributed by atoms with van der Waals surface area (Å²) in [5.41, 5.74) is 0. The fourth-order valence-electron chi connectivity index (χ4n) is 4.87. The van der Waals surface area contributed by atoms with E-state index in [2.05, 4.69) is 12.2 Å². The zero-order valence-electron chi connectivity index (χ0n) is 28.7. The number of carbonyl (C=O) groups is 1. The summed E-state index contributed by atoms with van der Waals surface area (Å²) in [6.07, 6.45) is 27.8. The topological polar surface area (TPSA) is 105 Å². The van der Waals surface area contributed by atoms with Gasteiger partial charge in [-0.2, -0.15) is 0 Å². The molecule has 0 aliphatic heterocycles. The molecule has 0 rings (SSSR count). The molecule has 256 valence electrons. The molecule has 0 heterocycles. The van der Waals surface area contributed by atoms with Crippen LogP contribution in [0, 0.1) is 0 Å². The van der Waals surface area contributed by atoms with Crippen molar-refractivity contribution in [3.63, 3.8) is 0 Å². The number of aliphatic hydroxyl groups excluding tert-OH is 1. The number of unbranched alkanes of at least 4 members (excludes halogenated alkanes) is 18. The zero-order valence-corrected chi connectivity index (χ0v) is 29.6. The maximum absolute atomic E-state index is 12.6. The van der Waals surface area contributed by atoms with Gasteiger partial charge in [0.1, 0.15) is 13.2 Å². The van der Waals surface area contributed by atoms with Crippen molar-refractivity contribution in [1.29, 1.82) is 0 Å². The third kappa shape index (κ3) is 29.7. The molecule has 9 heteroatoms. The maximum Gasteiger partial charge on any atom is 0.472 e. The number of carbonyl (C=O) groups excluding carboxylic acids is 1. The molecule has 8 nitrogen and oxygen atoms in total. The Morgan fingerprint density at radius 3 is 1.67 bits per heavy atom. The van der Waals surface area contributed by atoms with E-state index >= 15 is 0 Å². The summed E-state index contributed by atoms with van der Waals surface area (Å²) < 4.78 is 23.1. The van der Waals surface area contributed by atoms with Gasteiger partial charge in [0.2, 0.25) is 5.91 Å². The Labute approximate surface area is 265 Å². The van der Waals surface area contributed by atoms with E-state index in [0.29, 0.717) is 17.4 Å². The number of quaternary nitrogens is 1. The molecule has 0 bridgehead atoms. The van der Waals surface area contributed by atoms with E-state index in [1.807, 2.05) is 34.1 Å². The predicted octanol–water partition coefficient (Wildman–Crippen LogP) is 8.46. The molecule has 1 amide bonds. The number of hydrogen-bond acceptors (Lipinski definition) is 5. The Morgan fingerprint density at radius 1 is 0.767 bits per heavy atom. The Hall–Kier alpha value is -0.760. The van der Waals surface area contributed by atoms with E-state index in [-0.39, 0.29) is 19.1 Å². The molecule has 0 fully saturated rings. The van der Waals surface area contributed by atoms with Gasteiger partial charge in [0, 0.05) is 6.42 Å². The van der Waals surface area contributed by atoms with Crippen LogP contribution in [-0.4, -0.2) is 73.4 Å². The molecular formula is C34H70N2O6P+. The number of likely N-dealkylation sites (N-methyl/N-ethyl adjacent to an activating group) is 1. The first-order valence-electron chi connectivity index (χ1n) is 17.6. The van der Waals surface area contributed by atoms with E-state index in [9.17, 15) is 19.4 Å². The van der Waals surface area contributed by atoms with Crippen molar-refractivity contribution >= 4 is 13.7 Å². The van der Waals surface area contributed by atoms with Crippen molar-refractivity contribution in [1.82, 2.24) is 5.32 Å². The molecule has 0 spiro atoms. The van der Waals surface area contributed by atoms with Gasteiger partial charge in [-0.25, -0.2) is 4.57 Å². The second-order valence-corrected chi connectivity index (χ2v) is 14.7. The number of hydrogen-bond donors (Lipinski definition) is 3. The van der Waals surface area contributed by atoms with Crippen molar-refractivity contribution < 1.29 is 32.9 Å². The van der Waals surface area contributed by atoms with Crippen LogP contribution in [0.25, 0.3) is 0 Å². The summed E-state index contributed by atoms with van der Waals surface area (Å²) in [4.78, 5) is 22.7. The van der Waals surface area contributed by atoms with Crippen molar-refractivity contribution in [2.24, 2.45) is 0 Å². The van der Waals surface area contributed by atoms with Gasteiger partial charge in [-0.05, 0) is 12.8 Å². The monoisotopic (exact) mass is 633 g/mol. The average Bonchev–Trinajstić information content (AvgIpc) is 2.93. The van der Waals surface area contributed by atoms with Gasteiger partial charge in [-0.1, -0.05) is 142 Å². The van der Waals surface area contributed by atoms with Crippen LogP contribution in [0.15, 0.2) is 12.2 Å². The normalized spacial score (nSPS) is 15.0. The van der Waals surface area contributed by atoms with Crippen molar-refractivity contribution in [2.75, 3.05) is 40.9 Å². The highest BCUT2D eigenvalue weighted by Crippen LogP contribution is 2.43. The van der Waals surface area contributed by atoms with E-state index in [0.717, 1.165) is 32.1 Å². The van der Waals surface area contributed by atoms with Gasteiger partial charge < -0.3 is 19.8 Å². The summed E-state index contributed by atoms with van der Waals surface area (Å²) in [6.45, 7) is 4.59. The van der Waals surface area contributed by atoms with Crippen LogP contribution >= 0.6 is 7.82 Å². The summed E-state index contributed by atoms with van der Waals surface area (Å²) in [5.74, 6) is -0.188. The Balaban J connectivity index is 4.08. The lowest BCUT2D eigenvalue weighted by molar-refractivity contribution is -0.870. The lowest BCUT2D eigenvalue weighted by Gasteiger charge is -2.25. The highest BCUT2D eigenvalue weighted by atomic mass is 31.2. The lowest BCUT2D eigenvalue weighted by Crippen LogP contribution is -2.45. The quantitative estimate of drug-likeness (QED) is 0.0306. The Morgan fingerprint density at radius 2 is 1.23 bits per heavy atom. The summed E-state index contributed by atoms with van der Waals surface area (Å²) >= 11 is 0. The second-order valence-electron chi connectivity index (χ2n) is 13.3. The van der Waals surface area contributed by atoms with Crippen LogP contribution in [0.2, 0.25) is 0 Å². The fourth-order valence-corrected chi connectivity index (χ4v) is 5.61. The third-order valence-electron chi connectivity index (χ3n) is 7.74. The number of nitrogens with one attached hydrogen (secondary N) is 1. The minimum Gasteiger partial charge on any atom is -0.387 e. The summed E-state index contributed by atoms with van der Waals surface area (Å²) in [7, 11) is 1.57. The van der Waals surface area contributed by atoms with Crippen LogP contribution in [0.3, 0.4) is 0 Å². The Kier molecular flexibility index (Phi) is 27.1. The van der Waals surface area contributed by atoms with Gasteiger partial charge in [0.15, 0.2) is 0 Å². The number of aliphatic hydroxyl groups is 1. The number of allylic oxidation sites excluding steroid dienone is 1. The molecule has 0 aromatic carbocycles. The standard InChI is InChI=1S/C34H69N2O6P/c1-6-8-10-11-12-13-14-15-16-17-18-19-20-21-22-23-24-26-28-34(38)35-32(33(37)27-25-9-7-2)31-42-43(39,40)41-30-29-36(3,4)5/h25,27,32-33,37H,6-24,26,28-31H2,1-5H3,(H-,35,38,39,40)/p+1/b27-25+. The first-order valence-corrected chi connectivity index (χ1v) is 19.1. The highest BCUT2D eigenvalue weighted by Gasteiger charge is 2.27. The molecule has 0 saturated carbocycles. The van der Waals surface area contributed by atoms with Gasteiger partial charge in [-0.15, -0.1) is 0 Å². The molecule has 0 aromatic rings. The van der Waals surface area contributed by atoms with Crippen LogP contribution in [0.5, 0.6) is 0 Å². The van der Waals surface area contributed by atoms with Crippen molar-refractivity contribution in [3.05, 3.63) is 12.2 Å². The molecule has 43 heavy (non-hydrogen) atoms. The number of nitrogens with zero attached hydrogens (tertiary/aromatic N) is 1. The van der Waals surface area contributed by atoms with E-state index in [1.54, 1.807) is 6.08 Å². The number of phosphoric acid groups is 1. The summed E-state index contributed by atoms with van der Waals surface area (Å²) in [5, 5.41) is 13.4. The Bertz CT molecular complexity index is 728. The SMILES string of the molecule is CCC/C=C/C(O)C(COP(=O)(O)OCC[N+](C)(C)C)NC(=O)CCCCCCCCCCCCCCCCCCCC. The van der Waals surface area contributed by atoms with Gasteiger partial charge >= 0.3 is 7.82 Å². The largest absolute Gasteiger partial charge is 0.472 e. The van der Waals surface area contributed by atoms with E-state index in [4.69, 9.17) is 9.05 Å². The van der Waals surface area contributed by atoms with Crippen LogP contribution in [0.4, 0.5) is 0 Å². The van der Waals surface area contributed by atoms with E-state index in [1.165, 1.54) is 96.3 Å². The second kappa shape index (κ2) is 27.5. The zero-order chi connectivity index (χ0) is 32.2. The summed E-state index contributed by atoms with van der Waals surface area (Å²) in [6, 6.07) is -0.835. The highest BCUT2D eigenvalue weighted by molar-refractivity contribution is 7.47. The lowest BCUT2D eigenvalue weighted by atomic mass is 10.0. The number of phosphoric ester groups is 1. The molecule has 0 radical (unpaired) electrons. The molecule has 3 N–H and O–H groups in total. The minimum absolute atomic E-state index is 0.0621. The number of rotatable bonds is 31. The minimum atomic E-state index is -4.30. The molecule has 0 aliphatic carbocycles. The number of amides is 1. The first-order chi connectivity index (χ1) is 20.5. The van der Waals surface area contributed by atoms with E-state index < -0.39 is 20.0 Å². The van der Waals surface area contributed by atoms with Crippen LogP contribution < -0.4 is 5.32 Å². The van der Waals surface area contributed by atoms with Crippen molar-refractivity contribution in [2.45, 2.75) is 161 Å².